The molecule has 5 nitrogen and oxygen atoms in total. The zero-order valence-corrected chi connectivity index (χ0v) is 10.2. The smallest absolute Gasteiger partial charge is 0.188 e. The Kier molecular flexibility index (Phi) is 3.61. The van der Waals surface area contributed by atoms with Crippen LogP contribution < -0.4 is 10.5 Å². The Morgan fingerprint density at radius 3 is 2.65 bits per heavy atom. The molecule has 0 aliphatic heterocycles. The second kappa shape index (κ2) is 5.16. The van der Waals surface area contributed by atoms with Crippen LogP contribution in [-0.2, 0) is 20.2 Å². The van der Waals surface area contributed by atoms with Crippen LogP contribution in [-0.4, -0.2) is 14.8 Å². The lowest BCUT2D eigenvalue weighted by atomic mass is 10.3. The number of benzene rings is 1. The van der Waals surface area contributed by atoms with Gasteiger partial charge in [-0.15, -0.1) is 0 Å². The molecule has 1 heterocycles. The number of nitrogens with zero attached hydrogens (tertiary/aromatic N) is 3. The Hall–Kier alpha value is -1.59. The maximum absolute atomic E-state index is 5.77. The standard InChI is InChI=1S/C11H13ClN4O/c1-16-11(6-13)14-10(15-16)7-17-9-4-2-8(12)3-5-9/h2-5H,6-7,13H2,1H3. The van der Waals surface area contributed by atoms with Crippen LogP contribution >= 0.6 is 11.6 Å². The number of halogens is 1. The maximum Gasteiger partial charge on any atom is 0.188 e. The monoisotopic (exact) mass is 252 g/mol. The van der Waals surface area contributed by atoms with Crippen molar-refractivity contribution < 1.29 is 4.74 Å². The zero-order valence-electron chi connectivity index (χ0n) is 9.43. The van der Waals surface area contributed by atoms with E-state index in [1.807, 2.05) is 0 Å². The third-order valence-corrected chi connectivity index (χ3v) is 2.51. The molecule has 0 aliphatic carbocycles. The highest BCUT2D eigenvalue weighted by atomic mass is 35.5. The fraction of sp³-hybridized carbons (Fsp3) is 0.273. The second-order valence-electron chi connectivity index (χ2n) is 3.51. The van der Waals surface area contributed by atoms with Gasteiger partial charge in [-0.25, -0.2) is 4.98 Å². The van der Waals surface area contributed by atoms with Crippen molar-refractivity contribution in [2.45, 2.75) is 13.2 Å². The van der Waals surface area contributed by atoms with Gasteiger partial charge < -0.3 is 10.5 Å². The molecule has 1 aromatic carbocycles. The molecule has 0 radical (unpaired) electrons. The van der Waals surface area contributed by atoms with Gasteiger partial charge in [0.2, 0.25) is 0 Å². The summed E-state index contributed by atoms with van der Waals surface area (Å²) >= 11 is 5.77. The lowest BCUT2D eigenvalue weighted by Crippen LogP contribution is -2.05. The Bertz CT molecular complexity index is 495. The summed E-state index contributed by atoms with van der Waals surface area (Å²) in [4.78, 5) is 4.24. The first-order valence-electron chi connectivity index (χ1n) is 5.16. The van der Waals surface area contributed by atoms with Gasteiger partial charge in [0.1, 0.15) is 18.2 Å². The van der Waals surface area contributed by atoms with Crippen molar-refractivity contribution >= 4 is 11.6 Å². The van der Waals surface area contributed by atoms with Gasteiger partial charge >= 0.3 is 0 Å². The molecule has 0 aliphatic rings. The summed E-state index contributed by atoms with van der Waals surface area (Å²) in [7, 11) is 1.81. The Morgan fingerprint density at radius 2 is 2.06 bits per heavy atom. The highest BCUT2D eigenvalue weighted by molar-refractivity contribution is 6.30. The average Bonchev–Trinajstić information content (AvgIpc) is 2.69. The molecule has 2 N–H and O–H groups in total. The van der Waals surface area contributed by atoms with Crippen LogP contribution in [0.1, 0.15) is 11.6 Å². The summed E-state index contributed by atoms with van der Waals surface area (Å²) in [5, 5.41) is 4.87. The largest absolute Gasteiger partial charge is 0.486 e. The SMILES string of the molecule is Cn1nc(COc2ccc(Cl)cc2)nc1CN. The number of ether oxygens (including phenoxy) is 1. The van der Waals surface area contributed by atoms with E-state index in [9.17, 15) is 0 Å². The van der Waals surface area contributed by atoms with Crippen LogP contribution in [0.15, 0.2) is 24.3 Å². The van der Waals surface area contributed by atoms with E-state index in [1.165, 1.54) is 0 Å². The highest BCUT2D eigenvalue weighted by Crippen LogP contribution is 2.16. The third-order valence-electron chi connectivity index (χ3n) is 2.26. The van der Waals surface area contributed by atoms with Crippen molar-refractivity contribution in [2.75, 3.05) is 0 Å². The Balaban J connectivity index is 1.99. The van der Waals surface area contributed by atoms with Gasteiger partial charge in [0.15, 0.2) is 5.82 Å². The Labute approximate surface area is 104 Å². The predicted molar refractivity (Wildman–Crippen MR) is 64.7 cm³/mol. The van der Waals surface area contributed by atoms with E-state index in [4.69, 9.17) is 22.1 Å². The normalized spacial score (nSPS) is 10.5. The quantitative estimate of drug-likeness (QED) is 0.896. The van der Waals surface area contributed by atoms with Gasteiger partial charge in [-0.2, -0.15) is 5.10 Å². The first-order valence-corrected chi connectivity index (χ1v) is 5.54. The minimum Gasteiger partial charge on any atom is -0.486 e. The molecule has 0 bridgehead atoms. The Morgan fingerprint density at radius 1 is 1.35 bits per heavy atom. The summed E-state index contributed by atoms with van der Waals surface area (Å²) in [5.41, 5.74) is 5.51. The van der Waals surface area contributed by atoms with Gasteiger partial charge in [0, 0.05) is 12.1 Å². The lowest BCUT2D eigenvalue weighted by molar-refractivity contribution is 0.295. The first-order chi connectivity index (χ1) is 8.19. The van der Waals surface area contributed by atoms with Gasteiger partial charge in [0.25, 0.3) is 0 Å². The minimum absolute atomic E-state index is 0.315. The van der Waals surface area contributed by atoms with E-state index in [-0.39, 0.29) is 0 Å². The number of nitrogens with two attached hydrogens (primary N) is 1. The maximum atomic E-state index is 5.77. The highest BCUT2D eigenvalue weighted by Gasteiger charge is 2.05. The van der Waals surface area contributed by atoms with E-state index in [1.54, 1.807) is 36.0 Å². The van der Waals surface area contributed by atoms with E-state index in [0.29, 0.717) is 24.0 Å². The molecule has 0 spiro atoms. The molecule has 0 saturated carbocycles. The van der Waals surface area contributed by atoms with Crippen LogP contribution in [0, 0.1) is 0 Å². The molecule has 1 aromatic heterocycles. The number of aromatic nitrogens is 3. The van der Waals surface area contributed by atoms with Crippen LogP contribution in [0.2, 0.25) is 5.02 Å². The van der Waals surface area contributed by atoms with Crippen LogP contribution in [0.4, 0.5) is 0 Å². The van der Waals surface area contributed by atoms with Crippen molar-refractivity contribution in [3.63, 3.8) is 0 Å². The number of aryl methyl sites for hydroxylation is 1. The number of hydrogen-bond donors (Lipinski definition) is 1. The number of hydrogen-bond acceptors (Lipinski definition) is 4. The van der Waals surface area contributed by atoms with E-state index < -0.39 is 0 Å². The van der Waals surface area contributed by atoms with Gasteiger partial charge in [-0.3, -0.25) is 4.68 Å². The lowest BCUT2D eigenvalue weighted by Gasteiger charge is -2.02. The summed E-state index contributed by atoms with van der Waals surface area (Å²) in [5.74, 6) is 2.08. The van der Waals surface area contributed by atoms with Crippen molar-refractivity contribution in [1.29, 1.82) is 0 Å². The van der Waals surface area contributed by atoms with Crippen molar-refractivity contribution in [3.8, 4) is 5.75 Å². The summed E-state index contributed by atoms with van der Waals surface area (Å²) in [6, 6.07) is 7.15. The van der Waals surface area contributed by atoms with E-state index in [0.717, 1.165) is 11.6 Å². The molecule has 17 heavy (non-hydrogen) atoms. The second-order valence-corrected chi connectivity index (χ2v) is 3.95. The topological polar surface area (TPSA) is 66.0 Å². The first kappa shape index (κ1) is 11.9. The molecule has 2 aromatic rings. The summed E-state index contributed by atoms with van der Waals surface area (Å²) in [6.45, 7) is 0.680. The summed E-state index contributed by atoms with van der Waals surface area (Å²) in [6.07, 6.45) is 0. The van der Waals surface area contributed by atoms with Gasteiger partial charge in [-0.05, 0) is 24.3 Å². The van der Waals surface area contributed by atoms with Crippen molar-refractivity contribution in [3.05, 3.63) is 40.9 Å². The third kappa shape index (κ3) is 2.95. The van der Waals surface area contributed by atoms with Gasteiger partial charge in [0.05, 0.1) is 6.54 Å². The predicted octanol–water partition coefficient (Wildman–Crippen LogP) is 1.51. The number of rotatable bonds is 4. The van der Waals surface area contributed by atoms with Crippen LogP contribution in [0.5, 0.6) is 5.75 Å². The molecular formula is C11H13ClN4O. The zero-order chi connectivity index (χ0) is 12.3. The molecule has 0 amide bonds. The molecular weight excluding hydrogens is 240 g/mol. The van der Waals surface area contributed by atoms with Crippen molar-refractivity contribution in [2.24, 2.45) is 12.8 Å². The molecule has 2 rings (SSSR count). The molecule has 6 heteroatoms. The van der Waals surface area contributed by atoms with E-state index >= 15 is 0 Å². The van der Waals surface area contributed by atoms with Crippen LogP contribution in [0.25, 0.3) is 0 Å². The van der Waals surface area contributed by atoms with Gasteiger partial charge in [-0.1, -0.05) is 11.6 Å². The fourth-order valence-corrected chi connectivity index (χ4v) is 1.52. The molecule has 0 saturated heterocycles. The average molecular weight is 253 g/mol. The molecule has 0 fully saturated rings. The minimum atomic E-state index is 0.315. The fourth-order valence-electron chi connectivity index (χ4n) is 1.39. The summed E-state index contributed by atoms with van der Waals surface area (Å²) < 4.78 is 7.18. The van der Waals surface area contributed by atoms with Crippen LogP contribution in [0.3, 0.4) is 0 Å². The molecule has 90 valence electrons. The molecule has 0 unspecified atom stereocenters. The van der Waals surface area contributed by atoms with Crippen molar-refractivity contribution in [1.82, 2.24) is 14.8 Å². The van der Waals surface area contributed by atoms with E-state index in [2.05, 4.69) is 10.1 Å². The molecule has 0 atom stereocenters.